The van der Waals surface area contributed by atoms with Crippen LogP contribution in [0.2, 0.25) is 0 Å². The van der Waals surface area contributed by atoms with Crippen molar-refractivity contribution in [3.63, 3.8) is 0 Å². The third-order valence-corrected chi connectivity index (χ3v) is 4.60. The van der Waals surface area contributed by atoms with Crippen LogP contribution in [0.5, 0.6) is 0 Å². The molecule has 2 rings (SSSR count). The zero-order valence-electron chi connectivity index (χ0n) is 12.6. The molecule has 118 valence electrons. The SMILES string of the molecule is Br.Br.Br.CP(C)CC(C)(C1=[C-]CC=C1)c1ccccc1.[Zr]. The molecule has 1 aliphatic rings. The first-order valence-electron chi connectivity index (χ1n) is 6.11. The van der Waals surface area contributed by atoms with Crippen molar-refractivity contribution in [3.8, 4) is 0 Å². The van der Waals surface area contributed by atoms with Crippen LogP contribution in [0, 0.1) is 6.08 Å². The zero-order chi connectivity index (χ0) is 12.3. The van der Waals surface area contributed by atoms with E-state index in [4.69, 9.17) is 0 Å². The van der Waals surface area contributed by atoms with Gasteiger partial charge in [0.25, 0.3) is 0 Å². The molecular weight excluding hydrogens is 554 g/mol. The van der Waals surface area contributed by atoms with Gasteiger partial charge in [-0.05, 0) is 30.5 Å². The molecule has 0 fully saturated rings. The van der Waals surface area contributed by atoms with Crippen molar-refractivity contribution in [2.45, 2.75) is 18.8 Å². The zero-order valence-corrected chi connectivity index (χ0v) is 21.1. The molecule has 0 aliphatic heterocycles. The second-order valence-corrected chi connectivity index (χ2v) is 7.61. The summed E-state index contributed by atoms with van der Waals surface area (Å²) < 4.78 is 0. The van der Waals surface area contributed by atoms with E-state index in [0.717, 1.165) is 6.42 Å². The topological polar surface area (TPSA) is 0 Å². The van der Waals surface area contributed by atoms with E-state index in [9.17, 15) is 0 Å². The first-order chi connectivity index (χ1) is 8.13. The molecule has 0 saturated heterocycles. The van der Waals surface area contributed by atoms with Crippen LogP contribution in [0.1, 0.15) is 18.9 Å². The molecule has 0 heterocycles. The van der Waals surface area contributed by atoms with E-state index in [2.05, 4.69) is 68.8 Å². The molecule has 0 nitrogen and oxygen atoms in total. The maximum atomic E-state index is 3.52. The first-order valence-corrected chi connectivity index (χ1v) is 8.53. The average molecular weight is 577 g/mol. The molecule has 0 amide bonds. The average Bonchev–Trinajstić information content (AvgIpc) is 2.83. The van der Waals surface area contributed by atoms with E-state index in [-0.39, 0.29) is 90.5 Å². The van der Waals surface area contributed by atoms with Gasteiger partial charge in [0, 0.05) is 26.2 Å². The van der Waals surface area contributed by atoms with Gasteiger partial charge in [-0.2, -0.15) is 6.08 Å². The molecule has 0 radical (unpaired) electrons. The Hall–Kier alpha value is 1.45. The molecular formula is C16H23Br3PZr-. The van der Waals surface area contributed by atoms with Crippen LogP contribution in [0.15, 0.2) is 48.1 Å². The van der Waals surface area contributed by atoms with Gasteiger partial charge in [-0.1, -0.05) is 37.3 Å². The molecule has 0 aromatic heterocycles. The third kappa shape index (κ3) is 7.25. The summed E-state index contributed by atoms with van der Waals surface area (Å²) in [5, 5.41) is 0. The number of halogens is 3. The number of hydrogen-bond acceptors (Lipinski definition) is 0. The molecule has 0 N–H and O–H groups in total. The Morgan fingerprint density at radius 3 is 2.10 bits per heavy atom. The molecule has 1 aromatic carbocycles. The largest absolute Gasteiger partial charge is 0.269 e. The van der Waals surface area contributed by atoms with E-state index in [1.165, 1.54) is 17.3 Å². The van der Waals surface area contributed by atoms with Gasteiger partial charge in [-0.15, -0.1) is 65.3 Å². The van der Waals surface area contributed by atoms with Gasteiger partial charge in [0.15, 0.2) is 0 Å². The van der Waals surface area contributed by atoms with Gasteiger partial charge >= 0.3 is 0 Å². The molecule has 21 heavy (non-hydrogen) atoms. The number of benzene rings is 1. The van der Waals surface area contributed by atoms with Crippen molar-refractivity contribution in [2.24, 2.45) is 0 Å². The van der Waals surface area contributed by atoms with Crippen LogP contribution in [0.4, 0.5) is 0 Å². The Morgan fingerprint density at radius 1 is 1.10 bits per heavy atom. The van der Waals surface area contributed by atoms with E-state index >= 15 is 0 Å². The Balaban J connectivity index is -0.000000810. The molecule has 1 aliphatic carbocycles. The summed E-state index contributed by atoms with van der Waals surface area (Å²) in [5.41, 5.74) is 2.94. The van der Waals surface area contributed by atoms with Gasteiger partial charge in [-0.3, -0.25) is 6.08 Å². The van der Waals surface area contributed by atoms with Crippen molar-refractivity contribution in [1.82, 2.24) is 0 Å². The van der Waals surface area contributed by atoms with Gasteiger partial charge < -0.3 is 0 Å². The minimum absolute atomic E-state index is 0. The smallest absolute Gasteiger partial charge is 0 e. The quantitative estimate of drug-likeness (QED) is 0.300. The monoisotopic (exact) mass is 573 g/mol. The summed E-state index contributed by atoms with van der Waals surface area (Å²) in [6.45, 7) is 7.08. The van der Waals surface area contributed by atoms with Crippen LogP contribution in [0.3, 0.4) is 0 Å². The Morgan fingerprint density at radius 2 is 1.67 bits per heavy atom. The first kappa shape index (κ1) is 27.3. The van der Waals surface area contributed by atoms with Crippen molar-refractivity contribution < 1.29 is 26.2 Å². The minimum atomic E-state index is 0. The molecule has 0 spiro atoms. The molecule has 1 atom stereocenters. The summed E-state index contributed by atoms with van der Waals surface area (Å²) in [5.74, 6) is 0. The van der Waals surface area contributed by atoms with E-state index in [0.29, 0.717) is 0 Å². The summed E-state index contributed by atoms with van der Waals surface area (Å²) in [6, 6.07) is 10.9. The van der Waals surface area contributed by atoms with Gasteiger partial charge in [0.2, 0.25) is 0 Å². The fourth-order valence-corrected chi connectivity index (χ4v) is 4.17. The second-order valence-electron chi connectivity index (χ2n) is 5.13. The summed E-state index contributed by atoms with van der Waals surface area (Å²) >= 11 is 0. The standard InChI is InChI=1S/C16H20P.3BrH.Zr/c1-16(13-17(2)3,15-11-7-8-12-15)14-9-5-4-6-10-14;;;;/h4-7,9-11H,8,13H2,1-3H3;3*1H;/q-1;;;;. The molecule has 0 bridgehead atoms. The fourth-order valence-electron chi connectivity index (χ4n) is 2.55. The predicted molar refractivity (Wildman–Crippen MR) is 109 cm³/mol. The molecule has 0 saturated carbocycles. The van der Waals surface area contributed by atoms with Crippen LogP contribution >= 0.6 is 58.9 Å². The fraction of sp³-hybridized carbons (Fsp3) is 0.375. The second kappa shape index (κ2) is 12.8. The van der Waals surface area contributed by atoms with Crippen LogP contribution in [-0.2, 0) is 31.6 Å². The van der Waals surface area contributed by atoms with Crippen molar-refractivity contribution in [3.05, 3.63) is 59.7 Å². The Kier molecular flexibility index (Phi) is 16.7. The number of hydrogen-bond donors (Lipinski definition) is 0. The van der Waals surface area contributed by atoms with Crippen molar-refractivity contribution >= 4 is 58.9 Å². The van der Waals surface area contributed by atoms with Crippen LogP contribution in [-0.4, -0.2) is 19.5 Å². The number of rotatable bonds is 4. The van der Waals surface area contributed by atoms with Crippen LogP contribution in [0.25, 0.3) is 0 Å². The van der Waals surface area contributed by atoms with E-state index in [1.54, 1.807) is 0 Å². The molecule has 1 unspecified atom stereocenters. The normalized spacial score (nSPS) is 14.8. The number of allylic oxidation sites excluding steroid dienone is 4. The van der Waals surface area contributed by atoms with Crippen molar-refractivity contribution in [1.29, 1.82) is 0 Å². The predicted octanol–water partition coefficient (Wildman–Crippen LogP) is 6.11. The maximum Gasteiger partial charge on any atom is 0 e. The molecule has 5 heteroatoms. The van der Waals surface area contributed by atoms with Gasteiger partial charge in [-0.25, -0.2) is 11.6 Å². The summed E-state index contributed by atoms with van der Waals surface area (Å²) in [7, 11) is 0.0771. The minimum Gasteiger partial charge on any atom is -0.269 e. The van der Waals surface area contributed by atoms with Gasteiger partial charge in [0.05, 0.1) is 0 Å². The van der Waals surface area contributed by atoms with Crippen molar-refractivity contribution in [2.75, 3.05) is 19.5 Å². The molecule has 1 aromatic rings. The Bertz CT molecular complexity index is 446. The van der Waals surface area contributed by atoms with Gasteiger partial charge in [0.1, 0.15) is 0 Å². The summed E-state index contributed by atoms with van der Waals surface area (Å²) in [4.78, 5) is 0. The summed E-state index contributed by atoms with van der Waals surface area (Å²) in [6.07, 6.45) is 10.2. The van der Waals surface area contributed by atoms with E-state index < -0.39 is 0 Å². The third-order valence-electron chi connectivity index (χ3n) is 3.33. The van der Waals surface area contributed by atoms with E-state index in [1.807, 2.05) is 0 Å². The Labute approximate surface area is 181 Å². The maximum absolute atomic E-state index is 3.52. The van der Waals surface area contributed by atoms with Crippen LogP contribution < -0.4 is 0 Å².